The van der Waals surface area contributed by atoms with Crippen LogP contribution in [-0.4, -0.2) is 29.0 Å². The van der Waals surface area contributed by atoms with Crippen molar-refractivity contribution >= 4 is 11.4 Å². The van der Waals surface area contributed by atoms with E-state index in [2.05, 4.69) is 38.0 Å². The molecule has 1 aromatic rings. The third kappa shape index (κ3) is 4.70. The van der Waals surface area contributed by atoms with Crippen LogP contribution in [0.3, 0.4) is 0 Å². The van der Waals surface area contributed by atoms with E-state index in [1.54, 1.807) is 6.07 Å². The van der Waals surface area contributed by atoms with Crippen molar-refractivity contribution in [2.24, 2.45) is 0 Å². The van der Waals surface area contributed by atoms with Crippen LogP contribution >= 0.6 is 0 Å². The lowest BCUT2D eigenvalue weighted by Gasteiger charge is -2.34. The van der Waals surface area contributed by atoms with E-state index >= 15 is 0 Å². The lowest BCUT2D eigenvalue weighted by Crippen LogP contribution is -2.39. The summed E-state index contributed by atoms with van der Waals surface area (Å²) in [5, 5.41) is 14.2. The van der Waals surface area contributed by atoms with Gasteiger partial charge in [-0.1, -0.05) is 19.9 Å². The number of nitro groups is 1. The van der Waals surface area contributed by atoms with E-state index in [0.717, 1.165) is 31.5 Å². The molecule has 5 heteroatoms. The van der Waals surface area contributed by atoms with E-state index < -0.39 is 0 Å². The van der Waals surface area contributed by atoms with Gasteiger partial charge in [0.15, 0.2) is 0 Å². The Balaban J connectivity index is 2.97. The van der Waals surface area contributed by atoms with Crippen LogP contribution in [0.2, 0.25) is 0 Å². The SMILES string of the molecule is CCCNc1cc(CN(C)C(C)(C)CC)ccc1[N+](=O)[O-]. The Morgan fingerprint density at radius 3 is 2.52 bits per heavy atom. The fourth-order valence-electron chi connectivity index (χ4n) is 2.00. The van der Waals surface area contributed by atoms with Gasteiger partial charge in [-0.3, -0.25) is 15.0 Å². The van der Waals surface area contributed by atoms with E-state index in [4.69, 9.17) is 0 Å². The molecule has 0 atom stereocenters. The minimum absolute atomic E-state index is 0.110. The normalized spacial score (nSPS) is 11.7. The molecule has 0 aliphatic heterocycles. The van der Waals surface area contributed by atoms with Gasteiger partial charge in [0, 0.05) is 24.7 Å². The minimum Gasteiger partial charge on any atom is -0.379 e. The van der Waals surface area contributed by atoms with Crippen molar-refractivity contribution in [1.29, 1.82) is 0 Å². The molecule has 0 heterocycles. The molecule has 1 aromatic carbocycles. The van der Waals surface area contributed by atoms with E-state index in [1.165, 1.54) is 0 Å². The van der Waals surface area contributed by atoms with Crippen LogP contribution in [0.1, 0.15) is 46.1 Å². The van der Waals surface area contributed by atoms with Gasteiger partial charge in [-0.15, -0.1) is 0 Å². The number of nitrogens with zero attached hydrogens (tertiary/aromatic N) is 2. The van der Waals surface area contributed by atoms with Crippen molar-refractivity contribution < 1.29 is 4.92 Å². The average molecular weight is 293 g/mol. The first-order valence-electron chi connectivity index (χ1n) is 7.54. The first-order valence-corrected chi connectivity index (χ1v) is 7.54. The van der Waals surface area contributed by atoms with Crippen LogP contribution in [-0.2, 0) is 6.54 Å². The number of rotatable bonds is 8. The predicted octanol–water partition coefficient (Wildman–Crippen LogP) is 4.04. The molecule has 0 saturated carbocycles. The fraction of sp³-hybridized carbons (Fsp3) is 0.625. The van der Waals surface area contributed by atoms with Crippen LogP contribution in [0.15, 0.2) is 18.2 Å². The highest BCUT2D eigenvalue weighted by molar-refractivity contribution is 5.62. The molecule has 0 spiro atoms. The summed E-state index contributed by atoms with van der Waals surface area (Å²) in [6.07, 6.45) is 1.99. The maximum absolute atomic E-state index is 11.1. The van der Waals surface area contributed by atoms with E-state index in [-0.39, 0.29) is 16.1 Å². The largest absolute Gasteiger partial charge is 0.379 e. The number of benzene rings is 1. The maximum Gasteiger partial charge on any atom is 0.292 e. The second-order valence-corrected chi connectivity index (χ2v) is 6.06. The Hall–Kier alpha value is -1.62. The van der Waals surface area contributed by atoms with Gasteiger partial charge < -0.3 is 5.32 Å². The van der Waals surface area contributed by atoms with Crippen LogP contribution < -0.4 is 5.32 Å². The molecule has 0 fully saturated rings. The number of hydrogen-bond acceptors (Lipinski definition) is 4. The van der Waals surface area contributed by atoms with Gasteiger partial charge in [0.05, 0.1) is 4.92 Å². The molecule has 5 nitrogen and oxygen atoms in total. The quantitative estimate of drug-likeness (QED) is 0.580. The average Bonchev–Trinajstić information content (AvgIpc) is 2.44. The molecule has 0 unspecified atom stereocenters. The first-order chi connectivity index (χ1) is 9.81. The van der Waals surface area contributed by atoms with Gasteiger partial charge in [0.1, 0.15) is 5.69 Å². The summed E-state index contributed by atoms with van der Waals surface area (Å²) >= 11 is 0. The number of hydrogen-bond donors (Lipinski definition) is 1. The fourth-order valence-corrected chi connectivity index (χ4v) is 2.00. The van der Waals surface area contributed by atoms with Crippen molar-refractivity contribution in [3.05, 3.63) is 33.9 Å². The number of nitro benzene ring substituents is 1. The highest BCUT2D eigenvalue weighted by atomic mass is 16.6. The summed E-state index contributed by atoms with van der Waals surface area (Å²) in [5.74, 6) is 0. The first kappa shape index (κ1) is 17.4. The molecule has 118 valence electrons. The molecular weight excluding hydrogens is 266 g/mol. The second-order valence-electron chi connectivity index (χ2n) is 6.06. The summed E-state index contributed by atoms with van der Waals surface area (Å²) in [4.78, 5) is 13.0. The van der Waals surface area contributed by atoms with Gasteiger partial charge in [-0.05, 0) is 45.4 Å². The molecule has 0 aliphatic carbocycles. The molecule has 1 N–H and O–H groups in total. The Bertz CT molecular complexity index is 486. The minimum atomic E-state index is -0.332. The number of anilines is 1. The van der Waals surface area contributed by atoms with Crippen molar-refractivity contribution in [2.45, 2.75) is 52.6 Å². The summed E-state index contributed by atoms with van der Waals surface area (Å²) in [7, 11) is 2.09. The van der Waals surface area contributed by atoms with Gasteiger partial charge >= 0.3 is 0 Å². The molecule has 0 bridgehead atoms. The molecule has 0 aliphatic rings. The van der Waals surface area contributed by atoms with Crippen LogP contribution in [0.25, 0.3) is 0 Å². The lowest BCUT2D eigenvalue weighted by molar-refractivity contribution is -0.384. The molecule has 0 amide bonds. The molecule has 0 radical (unpaired) electrons. The third-order valence-corrected chi connectivity index (χ3v) is 4.14. The van der Waals surface area contributed by atoms with E-state index in [9.17, 15) is 10.1 Å². The summed E-state index contributed by atoms with van der Waals surface area (Å²) < 4.78 is 0. The van der Waals surface area contributed by atoms with Gasteiger partial charge in [0.2, 0.25) is 0 Å². The summed E-state index contributed by atoms with van der Waals surface area (Å²) in [5.41, 5.74) is 1.95. The third-order valence-electron chi connectivity index (χ3n) is 4.14. The highest BCUT2D eigenvalue weighted by Crippen LogP contribution is 2.27. The topological polar surface area (TPSA) is 58.4 Å². The monoisotopic (exact) mass is 293 g/mol. The van der Waals surface area contributed by atoms with Gasteiger partial charge in [-0.2, -0.15) is 0 Å². The highest BCUT2D eigenvalue weighted by Gasteiger charge is 2.22. The van der Waals surface area contributed by atoms with E-state index in [1.807, 2.05) is 19.1 Å². The van der Waals surface area contributed by atoms with Gasteiger partial charge in [0.25, 0.3) is 5.69 Å². The van der Waals surface area contributed by atoms with Crippen molar-refractivity contribution in [2.75, 3.05) is 18.9 Å². The van der Waals surface area contributed by atoms with Crippen molar-refractivity contribution in [3.8, 4) is 0 Å². The molecule has 0 saturated heterocycles. The lowest BCUT2D eigenvalue weighted by atomic mass is 9.99. The van der Waals surface area contributed by atoms with Crippen LogP contribution in [0.5, 0.6) is 0 Å². The maximum atomic E-state index is 11.1. The molecule has 0 aromatic heterocycles. The Kier molecular flexibility index (Phi) is 6.15. The predicted molar refractivity (Wildman–Crippen MR) is 87.7 cm³/mol. The standard InChI is InChI=1S/C16H27N3O2/c1-6-10-17-14-11-13(8-9-15(14)19(20)21)12-18(5)16(3,4)7-2/h8-9,11,17H,6-7,10,12H2,1-5H3. The Morgan fingerprint density at radius 1 is 1.33 bits per heavy atom. The van der Waals surface area contributed by atoms with Gasteiger partial charge in [-0.25, -0.2) is 0 Å². The van der Waals surface area contributed by atoms with Crippen LogP contribution in [0.4, 0.5) is 11.4 Å². The smallest absolute Gasteiger partial charge is 0.292 e. The second kappa shape index (κ2) is 7.41. The summed E-state index contributed by atoms with van der Waals surface area (Å²) in [6.45, 7) is 10.1. The Morgan fingerprint density at radius 2 is 2.00 bits per heavy atom. The number of nitrogens with one attached hydrogen (secondary N) is 1. The van der Waals surface area contributed by atoms with E-state index in [0.29, 0.717) is 5.69 Å². The van der Waals surface area contributed by atoms with Crippen molar-refractivity contribution in [3.63, 3.8) is 0 Å². The molecule has 21 heavy (non-hydrogen) atoms. The van der Waals surface area contributed by atoms with Crippen LogP contribution in [0, 0.1) is 10.1 Å². The van der Waals surface area contributed by atoms with Crippen molar-refractivity contribution in [1.82, 2.24) is 4.90 Å². The Labute approximate surface area is 127 Å². The zero-order valence-electron chi connectivity index (χ0n) is 13.8. The summed E-state index contributed by atoms with van der Waals surface area (Å²) in [6, 6.07) is 5.34. The molecule has 1 rings (SSSR count). The molecular formula is C16H27N3O2. The zero-order chi connectivity index (χ0) is 16.0. The zero-order valence-corrected chi connectivity index (χ0v) is 13.8.